The summed E-state index contributed by atoms with van der Waals surface area (Å²) in [7, 11) is -3.77. The fraction of sp³-hybridized carbons (Fsp3) is 0.450. The number of nitrogens with one attached hydrogen (secondary N) is 3. The summed E-state index contributed by atoms with van der Waals surface area (Å²) in [6.45, 7) is 6.55. The Labute approximate surface area is 196 Å². The van der Waals surface area contributed by atoms with Gasteiger partial charge in [0.05, 0.1) is 30.4 Å². The molecule has 0 bridgehead atoms. The molecule has 0 radical (unpaired) electrons. The van der Waals surface area contributed by atoms with Crippen molar-refractivity contribution in [2.75, 3.05) is 44.4 Å². The van der Waals surface area contributed by atoms with Crippen LogP contribution in [0.25, 0.3) is 0 Å². The summed E-state index contributed by atoms with van der Waals surface area (Å²) in [5, 5.41) is 0.732. The van der Waals surface area contributed by atoms with Gasteiger partial charge in [0.15, 0.2) is 5.13 Å². The molecule has 1 saturated heterocycles. The van der Waals surface area contributed by atoms with Crippen molar-refractivity contribution in [3.8, 4) is 5.75 Å². The molecule has 13 heteroatoms. The number of hydrogen-bond acceptors (Lipinski definition) is 9. The molecule has 1 aromatic carbocycles. The van der Waals surface area contributed by atoms with E-state index in [0.717, 1.165) is 5.13 Å². The molecule has 1 fully saturated rings. The molecule has 11 nitrogen and oxygen atoms in total. The molecule has 3 rings (SSSR count). The minimum Gasteiger partial charge on any atom is -0.494 e. The number of sulfonamides is 1. The number of carbonyl (C=O) groups is 2. The lowest BCUT2D eigenvalue weighted by Crippen LogP contribution is -2.42. The van der Waals surface area contributed by atoms with Crippen LogP contribution in [0.2, 0.25) is 0 Å². The fourth-order valence-corrected chi connectivity index (χ4v) is 5.04. The first kappa shape index (κ1) is 24.9. The zero-order valence-electron chi connectivity index (χ0n) is 18.4. The van der Waals surface area contributed by atoms with Crippen LogP contribution in [0.3, 0.4) is 0 Å². The van der Waals surface area contributed by atoms with E-state index in [2.05, 4.69) is 20.6 Å². The topological polar surface area (TPSA) is 139 Å². The van der Waals surface area contributed by atoms with Gasteiger partial charge in [-0.15, -0.1) is 0 Å². The Hall–Kier alpha value is -2.74. The quantitative estimate of drug-likeness (QED) is 0.433. The third-order valence-electron chi connectivity index (χ3n) is 4.68. The van der Waals surface area contributed by atoms with Crippen LogP contribution >= 0.6 is 11.3 Å². The third kappa shape index (κ3) is 6.87. The highest BCUT2D eigenvalue weighted by atomic mass is 32.2. The van der Waals surface area contributed by atoms with Crippen LogP contribution < -0.4 is 25.2 Å². The van der Waals surface area contributed by atoms with Crippen molar-refractivity contribution in [3.63, 3.8) is 0 Å². The van der Waals surface area contributed by atoms with Crippen LogP contribution in [0, 0.1) is 6.92 Å². The van der Waals surface area contributed by atoms with Crippen molar-refractivity contribution in [3.05, 3.63) is 34.8 Å². The van der Waals surface area contributed by atoms with E-state index in [4.69, 9.17) is 9.47 Å². The Morgan fingerprint density at radius 2 is 1.88 bits per heavy atom. The number of morpholine rings is 1. The SMILES string of the molecule is CCOc1ccc(S(=O)(=O)NCCC(=O)NNC(=O)c2sc(N3CCOCC3)nc2C)cc1. The van der Waals surface area contributed by atoms with E-state index in [1.165, 1.54) is 23.5 Å². The molecule has 3 N–H and O–H groups in total. The van der Waals surface area contributed by atoms with Crippen LogP contribution in [0.5, 0.6) is 5.75 Å². The molecule has 0 aliphatic carbocycles. The molecule has 180 valence electrons. The second kappa shape index (κ2) is 11.4. The number of amides is 2. The van der Waals surface area contributed by atoms with Crippen molar-refractivity contribution in [1.82, 2.24) is 20.6 Å². The molecule has 2 heterocycles. The number of anilines is 1. The van der Waals surface area contributed by atoms with Gasteiger partial charge in [-0.25, -0.2) is 18.1 Å². The van der Waals surface area contributed by atoms with Crippen molar-refractivity contribution in [1.29, 1.82) is 0 Å². The number of hydrogen-bond donors (Lipinski definition) is 3. The molecule has 0 spiro atoms. The van der Waals surface area contributed by atoms with Gasteiger partial charge < -0.3 is 14.4 Å². The fourth-order valence-electron chi connectivity index (χ4n) is 2.99. The minimum atomic E-state index is -3.77. The lowest BCUT2D eigenvalue weighted by atomic mass is 10.3. The van der Waals surface area contributed by atoms with Crippen LogP contribution in [0.1, 0.15) is 28.7 Å². The standard InChI is InChI=1S/C20H27N5O6S2/c1-3-31-15-4-6-16(7-5-15)33(28,29)21-9-8-17(26)23-24-19(27)18-14(2)22-20(32-18)25-10-12-30-13-11-25/h4-7,21H,3,8-13H2,1-2H3,(H,23,26)(H,24,27). The Kier molecular flexibility index (Phi) is 8.61. The predicted octanol–water partition coefficient (Wildman–Crippen LogP) is 0.816. The molecule has 33 heavy (non-hydrogen) atoms. The van der Waals surface area contributed by atoms with Crippen LogP contribution in [-0.2, 0) is 19.6 Å². The largest absolute Gasteiger partial charge is 0.494 e. The average Bonchev–Trinajstić information content (AvgIpc) is 3.20. The van der Waals surface area contributed by atoms with Gasteiger partial charge in [0.2, 0.25) is 15.9 Å². The van der Waals surface area contributed by atoms with E-state index in [9.17, 15) is 18.0 Å². The number of ether oxygens (including phenoxy) is 2. The number of carbonyl (C=O) groups excluding carboxylic acids is 2. The highest BCUT2D eigenvalue weighted by Crippen LogP contribution is 2.26. The highest BCUT2D eigenvalue weighted by molar-refractivity contribution is 7.89. The predicted molar refractivity (Wildman–Crippen MR) is 123 cm³/mol. The van der Waals surface area contributed by atoms with Crippen LogP contribution in [-0.4, -0.2) is 64.7 Å². The average molecular weight is 498 g/mol. The Morgan fingerprint density at radius 3 is 2.55 bits per heavy atom. The maximum atomic E-state index is 12.4. The summed E-state index contributed by atoms with van der Waals surface area (Å²) >= 11 is 1.24. The number of hydrazine groups is 1. The van der Waals surface area contributed by atoms with E-state index >= 15 is 0 Å². The summed E-state index contributed by atoms with van der Waals surface area (Å²) in [4.78, 5) is 31.4. The number of benzene rings is 1. The number of thiazole rings is 1. The molecule has 1 aliphatic rings. The maximum absolute atomic E-state index is 12.4. The van der Waals surface area contributed by atoms with Crippen molar-refractivity contribution in [2.45, 2.75) is 25.2 Å². The maximum Gasteiger partial charge on any atom is 0.281 e. The van der Waals surface area contributed by atoms with Gasteiger partial charge in [-0.3, -0.25) is 20.4 Å². The summed E-state index contributed by atoms with van der Waals surface area (Å²) < 4.78 is 37.6. The first-order valence-corrected chi connectivity index (χ1v) is 12.7. The molecule has 0 unspecified atom stereocenters. The van der Waals surface area contributed by atoms with Gasteiger partial charge in [-0.1, -0.05) is 11.3 Å². The summed E-state index contributed by atoms with van der Waals surface area (Å²) in [5.41, 5.74) is 5.22. The molecule has 2 aromatic rings. The van der Waals surface area contributed by atoms with E-state index < -0.39 is 21.8 Å². The molecular formula is C20H27N5O6S2. The van der Waals surface area contributed by atoms with Gasteiger partial charge in [0.1, 0.15) is 10.6 Å². The van der Waals surface area contributed by atoms with Crippen LogP contribution in [0.15, 0.2) is 29.2 Å². The third-order valence-corrected chi connectivity index (χ3v) is 7.37. The lowest BCUT2D eigenvalue weighted by Gasteiger charge is -2.25. The number of rotatable bonds is 9. The van der Waals surface area contributed by atoms with Crippen molar-refractivity contribution >= 4 is 38.3 Å². The van der Waals surface area contributed by atoms with Crippen molar-refractivity contribution < 1.29 is 27.5 Å². The second-order valence-electron chi connectivity index (χ2n) is 7.06. The second-order valence-corrected chi connectivity index (χ2v) is 9.81. The normalized spacial score (nSPS) is 14.1. The van der Waals surface area contributed by atoms with Gasteiger partial charge in [-0.2, -0.15) is 0 Å². The van der Waals surface area contributed by atoms with Gasteiger partial charge in [0, 0.05) is 26.1 Å². The first-order chi connectivity index (χ1) is 15.8. The van der Waals surface area contributed by atoms with Crippen LogP contribution in [0.4, 0.5) is 5.13 Å². The Morgan fingerprint density at radius 1 is 1.18 bits per heavy atom. The lowest BCUT2D eigenvalue weighted by molar-refractivity contribution is -0.121. The zero-order valence-corrected chi connectivity index (χ0v) is 20.1. The van der Waals surface area contributed by atoms with Gasteiger partial charge >= 0.3 is 0 Å². The minimum absolute atomic E-state index is 0.0661. The molecule has 0 atom stereocenters. The van der Waals surface area contributed by atoms with E-state index in [-0.39, 0.29) is 17.9 Å². The van der Waals surface area contributed by atoms with Gasteiger partial charge in [0.25, 0.3) is 5.91 Å². The van der Waals surface area contributed by atoms with Gasteiger partial charge in [-0.05, 0) is 38.1 Å². The van der Waals surface area contributed by atoms with E-state index in [1.54, 1.807) is 19.1 Å². The Balaban J connectivity index is 1.44. The van der Waals surface area contributed by atoms with Crippen molar-refractivity contribution in [2.24, 2.45) is 0 Å². The molecular weight excluding hydrogens is 470 g/mol. The summed E-state index contributed by atoms with van der Waals surface area (Å²) in [6, 6.07) is 5.98. The smallest absolute Gasteiger partial charge is 0.281 e. The number of aryl methyl sites for hydroxylation is 1. The monoisotopic (exact) mass is 497 g/mol. The highest BCUT2D eigenvalue weighted by Gasteiger charge is 2.21. The number of aromatic nitrogens is 1. The molecule has 2 amide bonds. The number of nitrogens with zero attached hydrogens (tertiary/aromatic N) is 2. The van der Waals surface area contributed by atoms with E-state index in [1.807, 2.05) is 11.8 Å². The summed E-state index contributed by atoms with van der Waals surface area (Å²) in [6.07, 6.45) is -0.156. The zero-order chi connectivity index (χ0) is 23.8. The van der Waals surface area contributed by atoms with E-state index in [0.29, 0.717) is 49.2 Å². The first-order valence-electron chi connectivity index (χ1n) is 10.4. The summed E-state index contributed by atoms with van der Waals surface area (Å²) in [5.74, 6) is -0.444. The Bertz CT molecular complexity index is 1070. The molecule has 0 saturated carbocycles. The molecule has 1 aromatic heterocycles. The molecule has 1 aliphatic heterocycles.